The molecule has 0 saturated heterocycles. The summed E-state index contributed by atoms with van der Waals surface area (Å²) in [5, 5.41) is 6.63. The average molecular weight is 353 g/mol. The second kappa shape index (κ2) is 8.77. The van der Waals surface area contributed by atoms with Crippen LogP contribution in [0.15, 0.2) is 42.5 Å². The van der Waals surface area contributed by atoms with Gasteiger partial charge in [-0.25, -0.2) is 0 Å². The Morgan fingerprint density at radius 1 is 1.09 bits per heavy atom. The van der Waals surface area contributed by atoms with E-state index in [0.29, 0.717) is 22.3 Å². The van der Waals surface area contributed by atoms with Crippen molar-refractivity contribution in [1.29, 1.82) is 0 Å². The van der Waals surface area contributed by atoms with Crippen LogP contribution in [0, 0.1) is 0 Å². The zero-order chi connectivity index (χ0) is 16.7. The highest BCUT2D eigenvalue weighted by Gasteiger charge is 2.09. The molecule has 23 heavy (non-hydrogen) atoms. The molecule has 0 saturated carbocycles. The van der Waals surface area contributed by atoms with Gasteiger partial charge in [0.15, 0.2) is 0 Å². The quantitative estimate of drug-likeness (QED) is 0.745. The predicted molar refractivity (Wildman–Crippen MR) is 94.7 cm³/mol. The second-order valence-corrected chi connectivity index (χ2v) is 5.70. The number of nitrogens with one attached hydrogen (secondary N) is 2. The Morgan fingerprint density at radius 3 is 2.48 bits per heavy atom. The second-order valence-electron chi connectivity index (χ2n) is 4.88. The van der Waals surface area contributed by atoms with Gasteiger partial charge in [-0.3, -0.25) is 4.79 Å². The first-order valence-corrected chi connectivity index (χ1v) is 7.94. The summed E-state index contributed by atoms with van der Waals surface area (Å²) in [6, 6.07) is 12.9. The van der Waals surface area contributed by atoms with Gasteiger partial charge in [0.2, 0.25) is 5.91 Å². The largest absolute Gasteiger partial charge is 0.496 e. The number of benzene rings is 2. The van der Waals surface area contributed by atoms with E-state index in [4.69, 9.17) is 27.9 Å². The fourth-order valence-corrected chi connectivity index (χ4v) is 2.63. The molecule has 0 aromatic heterocycles. The summed E-state index contributed by atoms with van der Waals surface area (Å²) in [7, 11) is 1.65. The van der Waals surface area contributed by atoms with Crippen molar-refractivity contribution in [3.63, 3.8) is 0 Å². The molecule has 6 heteroatoms. The minimum atomic E-state index is -0.194. The molecule has 0 radical (unpaired) electrons. The molecule has 2 rings (SSSR count). The molecule has 0 fully saturated rings. The molecule has 0 bridgehead atoms. The third kappa shape index (κ3) is 5.13. The van der Waals surface area contributed by atoms with Crippen molar-refractivity contribution < 1.29 is 9.53 Å². The molecule has 0 aliphatic heterocycles. The Morgan fingerprint density at radius 2 is 1.78 bits per heavy atom. The summed E-state index contributed by atoms with van der Waals surface area (Å²) < 4.78 is 5.29. The Kier molecular flexibility index (Phi) is 6.71. The standard InChI is InChI=1S/C17H18Cl2N2O2/c1-23-15-8-3-2-5-12(15)9-10-20-11-16(22)21-17-13(18)6-4-7-14(17)19/h2-8,20H,9-11H2,1H3,(H,21,22). The SMILES string of the molecule is COc1ccccc1CCNCC(=O)Nc1c(Cl)cccc1Cl. The topological polar surface area (TPSA) is 50.4 Å². The van der Waals surface area contributed by atoms with Gasteiger partial charge >= 0.3 is 0 Å². The summed E-state index contributed by atoms with van der Waals surface area (Å²) in [5.41, 5.74) is 1.53. The van der Waals surface area contributed by atoms with Gasteiger partial charge in [-0.05, 0) is 36.7 Å². The molecule has 0 aliphatic rings. The van der Waals surface area contributed by atoms with Crippen LogP contribution >= 0.6 is 23.2 Å². The van der Waals surface area contributed by atoms with Gasteiger partial charge in [-0.2, -0.15) is 0 Å². The lowest BCUT2D eigenvalue weighted by Crippen LogP contribution is -2.29. The van der Waals surface area contributed by atoms with Gasteiger partial charge < -0.3 is 15.4 Å². The maximum absolute atomic E-state index is 11.9. The Labute approximate surface area is 145 Å². The summed E-state index contributed by atoms with van der Waals surface area (Å²) in [4.78, 5) is 11.9. The highest BCUT2D eigenvalue weighted by molar-refractivity contribution is 6.39. The molecular weight excluding hydrogens is 335 g/mol. The van der Waals surface area contributed by atoms with E-state index in [1.807, 2.05) is 24.3 Å². The van der Waals surface area contributed by atoms with Crippen LogP contribution in [-0.2, 0) is 11.2 Å². The van der Waals surface area contributed by atoms with Crippen LogP contribution in [0.3, 0.4) is 0 Å². The van der Waals surface area contributed by atoms with Crippen molar-refractivity contribution in [2.45, 2.75) is 6.42 Å². The fraction of sp³-hybridized carbons (Fsp3) is 0.235. The number of anilines is 1. The lowest BCUT2D eigenvalue weighted by atomic mass is 10.1. The third-order valence-corrected chi connectivity index (χ3v) is 3.91. The minimum absolute atomic E-state index is 0.177. The number of hydrogen-bond acceptors (Lipinski definition) is 3. The lowest BCUT2D eigenvalue weighted by molar-refractivity contribution is -0.115. The van der Waals surface area contributed by atoms with Crippen LogP contribution in [-0.4, -0.2) is 26.1 Å². The lowest BCUT2D eigenvalue weighted by Gasteiger charge is -2.11. The van der Waals surface area contributed by atoms with Crippen LogP contribution in [0.25, 0.3) is 0 Å². The number of para-hydroxylation sites is 2. The van der Waals surface area contributed by atoms with E-state index in [0.717, 1.165) is 17.7 Å². The minimum Gasteiger partial charge on any atom is -0.496 e. The van der Waals surface area contributed by atoms with Crippen LogP contribution in [0.4, 0.5) is 5.69 Å². The fourth-order valence-electron chi connectivity index (χ4n) is 2.14. The molecule has 122 valence electrons. The van der Waals surface area contributed by atoms with E-state index in [1.54, 1.807) is 25.3 Å². The molecule has 1 amide bonds. The van der Waals surface area contributed by atoms with E-state index in [2.05, 4.69) is 10.6 Å². The first kappa shape index (κ1) is 17.6. The highest BCUT2D eigenvalue weighted by atomic mass is 35.5. The van der Waals surface area contributed by atoms with E-state index in [-0.39, 0.29) is 12.5 Å². The summed E-state index contributed by atoms with van der Waals surface area (Å²) in [5.74, 6) is 0.654. The van der Waals surface area contributed by atoms with Crippen LogP contribution in [0.5, 0.6) is 5.75 Å². The predicted octanol–water partition coefficient (Wildman–Crippen LogP) is 3.77. The normalized spacial score (nSPS) is 10.4. The van der Waals surface area contributed by atoms with Gasteiger partial charge in [0.05, 0.1) is 29.4 Å². The van der Waals surface area contributed by atoms with Gasteiger partial charge in [-0.1, -0.05) is 47.5 Å². The van der Waals surface area contributed by atoms with Crippen molar-refractivity contribution in [2.75, 3.05) is 25.5 Å². The number of hydrogen-bond donors (Lipinski definition) is 2. The third-order valence-electron chi connectivity index (χ3n) is 3.28. The van der Waals surface area contributed by atoms with Crippen LogP contribution in [0.1, 0.15) is 5.56 Å². The van der Waals surface area contributed by atoms with Gasteiger partial charge in [0, 0.05) is 0 Å². The average Bonchev–Trinajstić information content (AvgIpc) is 2.55. The molecule has 0 spiro atoms. The van der Waals surface area contributed by atoms with E-state index < -0.39 is 0 Å². The summed E-state index contributed by atoms with van der Waals surface area (Å²) >= 11 is 12.0. The molecule has 2 aromatic carbocycles. The molecule has 2 aromatic rings. The molecule has 4 nitrogen and oxygen atoms in total. The number of halogens is 2. The number of carbonyl (C=O) groups excluding carboxylic acids is 1. The molecule has 0 unspecified atom stereocenters. The van der Waals surface area contributed by atoms with Crippen molar-refractivity contribution in [1.82, 2.24) is 5.32 Å². The summed E-state index contributed by atoms with van der Waals surface area (Å²) in [6.45, 7) is 0.834. The van der Waals surface area contributed by atoms with E-state index in [9.17, 15) is 4.79 Å². The van der Waals surface area contributed by atoms with Crippen LogP contribution in [0.2, 0.25) is 10.0 Å². The number of rotatable bonds is 7. The van der Waals surface area contributed by atoms with Gasteiger partial charge in [-0.15, -0.1) is 0 Å². The zero-order valence-corrected chi connectivity index (χ0v) is 14.2. The monoisotopic (exact) mass is 352 g/mol. The van der Waals surface area contributed by atoms with Crippen molar-refractivity contribution in [3.8, 4) is 5.75 Å². The highest BCUT2D eigenvalue weighted by Crippen LogP contribution is 2.29. The van der Waals surface area contributed by atoms with E-state index in [1.165, 1.54) is 0 Å². The van der Waals surface area contributed by atoms with Crippen molar-refractivity contribution >= 4 is 34.8 Å². The Bertz CT molecular complexity index is 657. The molecule has 0 heterocycles. The Balaban J connectivity index is 1.79. The molecule has 0 aliphatic carbocycles. The first-order valence-electron chi connectivity index (χ1n) is 7.18. The smallest absolute Gasteiger partial charge is 0.238 e. The zero-order valence-electron chi connectivity index (χ0n) is 12.7. The molecule has 2 N–H and O–H groups in total. The maximum atomic E-state index is 11.9. The van der Waals surface area contributed by atoms with E-state index >= 15 is 0 Å². The summed E-state index contributed by atoms with van der Waals surface area (Å²) in [6.07, 6.45) is 0.768. The first-order chi connectivity index (χ1) is 11.1. The number of amides is 1. The molecule has 0 atom stereocenters. The maximum Gasteiger partial charge on any atom is 0.238 e. The van der Waals surface area contributed by atoms with Crippen LogP contribution < -0.4 is 15.4 Å². The Hall–Kier alpha value is -1.75. The van der Waals surface area contributed by atoms with Gasteiger partial charge in [0.1, 0.15) is 5.75 Å². The van der Waals surface area contributed by atoms with Crippen molar-refractivity contribution in [3.05, 3.63) is 58.1 Å². The number of carbonyl (C=O) groups is 1. The molecular formula is C17H18Cl2N2O2. The number of ether oxygens (including phenoxy) is 1. The number of methoxy groups -OCH3 is 1. The van der Waals surface area contributed by atoms with Gasteiger partial charge in [0.25, 0.3) is 0 Å². The van der Waals surface area contributed by atoms with Crippen molar-refractivity contribution in [2.24, 2.45) is 0 Å².